The van der Waals surface area contributed by atoms with Gasteiger partial charge in [-0.15, -0.1) is 0 Å². The molecule has 2 aromatic heterocycles. The summed E-state index contributed by atoms with van der Waals surface area (Å²) in [7, 11) is 0. The van der Waals surface area contributed by atoms with E-state index in [1.165, 1.54) is 18.5 Å². The van der Waals surface area contributed by atoms with Crippen LogP contribution in [0.15, 0.2) is 35.1 Å². The summed E-state index contributed by atoms with van der Waals surface area (Å²) in [6.07, 6.45) is 3.66. The third-order valence-corrected chi connectivity index (χ3v) is 3.03. The molecule has 4 nitrogen and oxygen atoms in total. The molecule has 0 N–H and O–H groups in total. The number of pyridine rings is 1. The molecule has 3 rings (SSSR count). The Kier molecular flexibility index (Phi) is 3.20. The lowest BCUT2D eigenvalue weighted by atomic mass is 10.1. The molecule has 1 aromatic carbocycles. The summed E-state index contributed by atoms with van der Waals surface area (Å²) in [4.78, 5) is 18.4. The van der Waals surface area contributed by atoms with Crippen molar-refractivity contribution >= 4 is 28.8 Å². The molecule has 0 unspecified atom stereocenters. The van der Waals surface area contributed by atoms with Gasteiger partial charge in [-0.3, -0.25) is 9.78 Å². The first-order chi connectivity index (χ1) is 9.65. The van der Waals surface area contributed by atoms with Gasteiger partial charge in [0.1, 0.15) is 17.6 Å². The number of nitrogens with zero attached hydrogens (tertiary/aromatic N) is 2. The largest absolute Gasteiger partial charge is 0.442 e. The predicted octanol–water partition coefficient (Wildman–Crippen LogP) is 3.42. The van der Waals surface area contributed by atoms with E-state index in [0.29, 0.717) is 34.4 Å². The molecule has 6 heteroatoms. The number of aldehydes is 1. The van der Waals surface area contributed by atoms with E-state index < -0.39 is 5.82 Å². The Morgan fingerprint density at radius 3 is 2.95 bits per heavy atom. The lowest BCUT2D eigenvalue weighted by Crippen LogP contribution is -1.93. The number of rotatable bonds is 3. The Hall–Kier alpha value is -2.27. The highest BCUT2D eigenvalue weighted by Gasteiger charge is 2.09. The minimum absolute atomic E-state index is 0.00553. The standard InChI is InChI=1S/C14H8ClFN2O2/c15-10-4-9-1-8(3-12(16)14(9)17-5-10)2-11-7-20-13(6-19)18-11/h1,3-7H,2H2. The van der Waals surface area contributed by atoms with Crippen LogP contribution in [0.1, 0.15) is 21.9 Å². The van der Waals surface area contributed by atoms with Crippen molar-refractivity contribution in [2.24, 2.45) is 0 Å². The monoisotopic (exact) mass is 290 g/mol. The van der Waals surface area contributed by atoms with Crippen molar-refractivity contribution < 1.29 is 13.6 Å². The molecule has 2 heterocycles. The summed E-state index contributed by atoms with van der Waals surface area (Å²) in [6.45, 7) is 0. The van der Waals surface area contributed by atoms with Crippen LogP contribution in [0.2, 0.25) is 5.02 Å². The molecule has 0 aliphatic heterocycles. The van der Waals surface area contributed by atoms with E-state index in [1.54, 1.807) is 12.1 Å². The Bertz CT molecular complexity index is 801. The molecular formula is C14H8ClFN2O2. The van der Waals surface area contributed by atoms with Gasteiger partial charge < -0.3 is 4.42 Å². The first-order valence-corrected chi connectivity index (χ1v) is 6.17. The van der Waals surface area contributed by atoms with Crippen molar-refractivity contribution in [2.75, 3.05) is 0 Å². The van der Waals surface area contributed by atoms with Crippen molar-refractivity contribution in [3.8, 4) is 0 Å². The fraction of sp³-hybridized carbons (Fsp3) is 0.0714. The van der Waals surface area contributed by atoms with E-state index in [0.717, 1.165) is 0 Å². The molecule has 0 bridgehead atoms. The predicted molar refractivity (Wildman–Crippen MR) is 71.4 cm³/mol. The maximum atomic E-state index is 13.9. The zero-order valence-corrected chi connectivity index (χ0v) is 10.9. The van der Waals surface area contributed by atoms with Crippen LogP contribution in [0, 0.1) is 5.82 Å². The Labute approximate surface area is 118 Å². The molecule has 3 aromatic rings. The van der Waals surface area contributed by atoms with Crippen LogP contribution in [0.25, 0.3) is 10.9 Å². The zero-order valence-electron chi connectivity index (χ0n) is 10.1. The van der Waals surface area contributed by atoms with Crippen LogP contribution >= 0.6 is 11.6 Å². The number of halogens is 2. The summed E-state index contributed by atoms with van der Waals surface area (Å²) in [6, 6.07) is 4.82. The first kappa shape index (κ1) is 12.7. The van der Waals surface area contributed by atoms with Crippen LogP contribution in [-0.2, 0) is 6.42 Å². The number of carbonyl (C=O) groups excluding carboxylic acids is 1. The number of hydrogen-bond donors (Lipinski definition) is 0. The van der Waals surface area contributed by atoms with Crippen LogP contribution in [-0.4, -0.2) is 16.3 Å². The molecule has 0 radical (unpaired) electrons. The van der Waals surface area contributed by atoms with E-state index in [1.807, 2.05) is 0 Å². The fourth-order valence-electron chi connectivity index (χ4n) is 2.01. The van der Waals surface area contributed by atoms with Gasteiger partial charge in [-0.05, 0) is 23.8 Å². The minimum atomic E-state index is -0.423. The Morgan fingerprint density at radius 2 is 2.20 bits per heavy atom. The van der Waals surface area contributed by atoms with Crippen molar-refractivity contribution in [1.29, 1.82) is 0 Å². The van der Waals surface area contributed by atoms with E-state index in [9.17, 15) is 9.18 Å². The molecule has 0 fully saturated rings. The molecule has 20 heavy (non-hydrogen) atoms. The minimum Gasteiger partial charge on any atom is -0.442 e. The second kappa shape index (κ2) is 5.02. The van der Waals surface area contributed by atoms with E-state index in [2.05, 4.69) is 9.97 Å². The number of carbonyl (C=O) groups is 1. The number of benzene rings is 1. The lowest BCUT2D eigenvalue weighted by Gasteiger charge is -2.03. The number of hydrogen-bond acceptors (Lipinski definition) is 4. The average Bonchev–Trinajstić information content (AvgIpc) is 2.85. The molecule has 100 valence electrons. The average molecular weight is 291 g/mol. The molecular weight excluding hydrogens is 283 g/mol. The van der Waals surface area contributed by atoms with E-state index >= 15 is 0 Å². The van der Waals surface area contributed by atoms with Crippen LogP contribution in [0.5, 0.6) is 0 Å². The molecule has 0 aliphatic rings. The topological polar surface area (TPSA) is 56.0 Å². The van der Waals surface area contributed by atoms with Crippen LogP contribution < -0.4 is 0 Å². The summed E-state index contributed by atoms with van der Waals surface area (Å²) < 4.78 is 18.9. The van der Waals surface area contributed by atoms with Gasteiger partial charge in [-0.25, -0.2) is 9.37 Å². The van der Waals surface area contributed by atoms with Crippen LogP contribution in [0.4, 0.5) is 4.39 Å². The van der Waals surface area contributed by atoms with Gasteiger partial charge in [0.25, 0.3) is 5.89 Å². The summed E-state index contributed by atoms with van der Waals surface area (Å²) in [5.41, 5.74) is 1.53. The number of aromatic nitrogens is 2. The van der Waals surface area contributed by atoms with Gasteiger partial charge in [0, 0.05) is 18.0 Å². The van der Waals surface area contributed by atoms with Gasteiger partial charge >= 0.3 is 0 Å². The molecule has 0 spiro atoms. The number of oxazole rings is 1. The van der Waals surface area contributed by atoms with Crippen LogP contribution in [0.3, 0.4) is 0 Å². The second-order valence-corrected chi connectivity index (χ2v) is 4.71. The lowest BCUT2D eigenvalue weighted by molar-refractivity contribution is 0.109. The third-order valence-electron chi connectivity index (χ3n) is 2.82. The first-order valence-electron chi connectivity index (χ1n) is 5.79. The smallest absolute Gasteiger partial charge is 0.259 e. The molecule has 0 amide bonds. The summed E-state index contributed by atoms with van der Waals surface area (Å²) >= 11 is 5.85. The third kappa shape index (κ3) is 2.40. The second-order valence-electron chi connectivity index (χ2n) is 4.27. The normalized spacial score (nSPS) is 10.9. The van der Waals surface area contributed by atoms with Gasteiger partial charge in [-0.1, -0.05) is 11.6 Å². The zero-order chi connectivity index (χ0) is 14.1. The van der Waals surface area contributed by atoms with Gasteiger partial charge in [0.05, 0.1) is 10.7 Å². The Balaban J connectivity index is 2.01. The quantitative estimate of drug-likeness (QED) is 0.694. The Morgan fingerprint density at radius 1 is 1.35 bits per heavy atom. The fourth-order valence-corrected chi connectivity index (χ4v) is 2.17. The van der Waals surface area contributed by atoms with Gasteiger partial charge in [0.2, 0.25) is 6.29 Å². The van der Waals surface area contributed by atoms with Crippen molar-refractivity contribution in [1.82, 2.24) is 9.97 Å². The summed E-state index contributed by atoms with van der Waals surface area (Å²) in [5.74, 6) is -0.417. The SMILES string of the molecule is O=Cc1nc(Cc2cc(F)c3ncc(Cl)cc3c2)co1. The molecule has 0 atom stereocenters. The van der Waals surface area contributed by atoms with E-state index in [4.69, 9.17) is 16.0 Å². The van der Waals surface area contributed by atoms with Gasteiger partial charge in [0.15, 0.2) is 0 Å². The highest BCUT2D eigenvalue weighted by molar-refractivity contribution is 6.31. The van der Waals surface area contributed by atoms with Crippen molar-refractivity contribution in [3.05, 3.63) is 58.6 Å². The molecule has 0 saturated carbocycles. The van der Waals surface area contributed by atoms with Crippen molar-refractivity contribution in [3.63, 3.8) is 0 Å². The highest BCUT2D eigenvalue weighted by atomic mass is 35.5. The highest BCUT2D eigenvalue weighted by Crippen LogP contribution is 2.22. The maximum Gasteiger partial charge on any atom is 0.259 e. The maximum absolute atomic E-state index is 13.9. The van der Waals surface area contributed by atoms with Crippen molar-refractivity contribution in [2.45, 2.75) is 6.42 Å². The number of fused-ring (bicyclic) bond motifs is 1. The summed E-state index contributed by atoms with van der Waals surface area (Å²) in [5, 5.41) is 1.06. The van der Waals surface area contributed by atoms with Gasteiger partial charge in [-0.2, -0.15) is 0 Å². The molecule has 0 saturated heterocycles. The molecule has 0 aliphatic carbocycles. The van der Waals surface area contributed by atoms with E-state index in [-0.39, 0.29) is 11.4 Å².